The number of nitrogens with zero attached hydrogens (tertiary/aromatic N) is 2. The maximum atomic E-state index is 12.0. The zero-order chi connectivity index (χ0) is 12.5. The number of hydrogen-bond acceptors (Lipinski definition) is 5. The number of aryl methyl sites for hydroxylation is 1. The molecule has 1 heterocycles. The lowest BCUT2D eigenvalue weighted by molar-refractivity contribution is -0.139. The Morgan fingerprint density at radius 1 is 1.47 bits per heavy atom. The van der Waals surface area contributed by atoms with Crippen molar-refractivity contribution in [3.8, 4) is 0 Å². The topological polar surface area (TPSA) is 75.1 Å². The smallest absolute Gasteiger partial charge is 0.252 e. The summed E-state index contributed by atoms with van der Waals surface area (Å²) in [7, 11) is 0. The number of hydrogen-bond donors (Lipinski definition) is 2. The molecule has 0 spiro atoms. The van der Waals surface area contributed by atoms with Gasteiger partial charge in [0.15, 0.2) is 0 Å². The van der Waals surface area contributed by atoms with E-state index in [2.05, 4.69) is 15.5 Å². The summed E-state index contributed by atoms with van der Waals surface area (Å²) in [5.74, 6) is -0.282. The number of amides is 1. The van der Waals surface area contributed by atoms with Crippen LogP contribution >= 0.6 is 11.3 Å². The second kappa shape index (κ2) is 4.70. The van der Waals surface area contributed by atoms with E-state index in [4.69, 9.17) is 0 Å². The van der Waals surface area contributed by atoms with E-state index in [1.54, 1.807) is 0 Å². The summed E-state index contributed by atoms with van der Waals surface area (Å²) in [6.45, 7) is 3.73. The van der Waals surface area contributed by atoms with Gasteiger partial charge < -0.3 is 10.4 Å². The molecule has 0 aliphatic heterocycles. The highest BCUT2D eigenvalue weighted by Crippen LogP contribution is 2.30. The lowest BCUT2D eigenvalue weighted by Gasteiger charge is -2.22. The highest BCUT2D eigenvalue weighted by molar-refractivity contribution is 7.11. The van der Waals surface area contributed by atoms with Crippen molar-refractivity contribution in [1.82, 2.24) is 15.5 Å². The van der Waals surface area contributed by atoms with Crippen LogP contribution in [0.3, 0.4) is 0 Å². The van der Waals surface area contributed by atoms with Gasteiger partial charge in [-0.05, 0) is 39.5 Å². The predicted molar refractivity (Wildman–Crippen MR) is 64.6 cm³/mol. The highest BCUT2D eigenvalue weighted by Gasteiger charge is 2.39. The average molecular weight is 255 g/mol. The van der Waals surface area contributed by atoms with Gasteiger partial charge in [-0.25, -0.2) is 0 Å². The van der Waals surface area contributed by atoms with Crippen molar-refractivity contribution in [2.24, 2.45) is 0 Å². The van der Waals surface area contributed by atoms with Gasteiger partial charge in [-0.15, -0.1) is 10.2 Å². The monoisotopic (exact) mass is 255 g/mol. The standard InChI is InChI=1S/C11H17N3O2S/c1-7(9-14-13-8(2)17-9)12-10(15)11(16)5-3-4-6-11/h7,16H,3-6H2,1-2H3,(H,12,15). The minimum absolute atomic E-state index is 0.196. The van der Waals surface area contributed by atoms with Crippen LogP contribution in [-0.2, 0) is 4.79 Å². The summed E-state index contributed by atoms with van der Waals surface area (Å²) in [4.78, 5) is 12.0. The average Bonchev–Trinajstić information content (AvgIpc) is 2.88. The molecule has 1 atom stereocenters. The molecule has 1 aromatic heterocycles. The molecule has 2 rings (SSSR count). The molecule has 94 valence electrons. The van der Waals surface area contributed by atoms with E-state index in [0.717, 1.165) is 22.9 Å². The van der Waals surface area contributed by atoms with E-state index >= 15 is 0 Å². The van der Waals surface area contributed by atoms with Crippen molar-refractivity contribution in [2.75, 3.05) is 0 Å². The van der Waals surface area contributed by atoms with Gasteiger partial charge in [-0.1, -0.05) is 11.3 Å². The Morgan fingerprint density at radius 3 is 2.65 bits per heavy atom. The summed E-state index contributed by atoms with van der Waals surface area (Å²) in [6.07, 6.45) is 2.94. The summed E-state index contributed by atoms with van der Waals surface area (Å²) in [5, 5.41) is 22.5. The Balaban J connectivity index is 1.99. The number of nitrogens with one attached hydrogen (secondary N) is 1. The van der Waals surface area contributed by atoms with Gasteiger partial charge >= 0.3 is 0 Å². The minimum Gasteiger partial charge on any atom is -0.380 e. The zero-order valence-electron chi connectivity index (χ0n) is 10.1. The molecular weight excluding hydrogens is 238 g/mol. The van der Waals surface area contributed by atoms with Crippen molar-refractivity contribution >= 4 is 17.2 Å². The Bertz CT molecular complexity index is 413. The number of carbonyl (C=O) groups excluding carboxylic acids is 1. The lowest BCUT2D eigenvalue weighted by Crippen LogP contribution is -2.45. The highest BCUT2D eigenvalue weighted by atomic mass is 32.1. The van der Waals surface area contributed by atoms with E-state index in [1.165, 1.54) is 11.3 Å². The number of rotatable bonds is 3. The first-order valence-electron chi connectivity index (χ1n) is 5.85. The molecule has 0 bridgehead atoms. The molecule has 1 aliphatic rings. The second-order valence-electron chi connectivity index (χ2n) is 4.59. The van der Waals surface area contributed by atoms with Crippen LogP contribution in [0.25, 0.3) is 0 Å². The first kappa shape index (κ1) is 12.4. The zero-order valence-corrected chi connectivity index (χ0v) is 10.9. The Labute approximate surface area is 104 Å². The summed E-state index contributed by atoms with van der Waals surface area (Å²) < 4.78 is 0. The fraction of sp³-hybridized carbons (Fsp3) is 0.727. The van der Waals surface area contributed by atoms with Crippen LogP contribution in [-0.4, -0.2) is 26.8 Å². The molecule has 0 radical (unpaired) electrons. The van der Waals surface area contributed by atoms with Crippen LogP contribution in [0, 0.1) is 6.92 Å². The van der Waals surface area contributed by atoms with E-state index in [-0.39, 0.29) is 11.9 Å². The molecule has 1 saturated carbocycles. The van der Waals surface area contributed by atoms with E-state index in [0.29, 0.717) is 12.8 Å². The molecule has 0 aromatic carbocycles. The van der Waals surface area contributed by atoms with Crippen molar-refractivity contribution in [3.05, 3.63) is 10.0 Å². The van der Waals surface area contributed by atoms with Crippen molar-refractivity contribution in [3.63, 3.8) is 0 Å². The van der Waals surface area contributed by atoms with Crippen molar-refractivity contribution in [2.45, 2.75) is 51.2 Å². The molecule has 2 N–H and O–H groups in total. The van der Waals surface area contributed by atoms with Crippen molar-refractivity contribution < 1.29 is 9.90 Å². The van der Waals surface area contributed by atoms with E-state index in [1.807, 2.05) is 13.8 Å². The third-order valence-electron chi connectivity index (χ3n) is 3.11. The summed E-state index contributed by atoms with van der Waals surface area (Å²) in [6, 6.07) is -0.196. The van der Waals surface area contributed by atoms with Gasteiger partial charge in [-0.2, -0.15) is 0 Å². The molecular formula is C11H17N3O2S. The van der Waals surface area contributed by atoms with Gasteiger partial charge in [0.1, 0.15) is 15.6 Å². The molecule has 1 aromatic rings. The molecule has 1 fully saturated rings. The van der Waals surface area contributed by atoms with Gasteiger partial charge in [-0.3, -0.25) is 4.79 Å². The Hall–Kier alpha value is -1.01. The third kappa shape index (κ3) is 2.63. The molecule has 17 heavy (non-hydrogen) atoms. The summed E-state index contributed by atoms with van der Waals surface area (Å²) >= 11 is 1.46. The molecule has 5 nitrogen and oxygen atoms in total. The first-order chi connectivity index (χ1) is 8.01. The minimum atomic E-state index is -1.17. The van der Waals surface area contributed by atoms with E-state index in [9.17, 15) is 9.90 Å². The first-order valence-corrected chi connectivity index (χ1v) is 6.66. The van der Waals surface area contributed by atoms with Gasteiger partial charge in [0.25, 0.3) is 5.91 Å². The van der Waals surface area contributed by atoms with Crippen LogP contribution in [0.15, 0.2) is 0 Å². The van der Waals surface area contributed by atoms with Crippen LogP contribution < -0.4 is 5.32 Å². The normalized spacial score (nSPS) is 20.2. The molecule has 6 heteroatoms. The van der Waals surface area contributed by atoms with Gasteiger partial charge in [0.2, 0.25) is 0 Å². The molecule has 1 amide bonds. The quantitative estimate of drug-likeness (QED) is 0.854. The van der Waals surface area contributed by atoms with E-state index < -0.39 is 5.60 Å². The molecule has 1 unspecified atom stereocenters. The second-order valence-corrected chi connectivity index (χ2v) is 5.81. The number of aliphatic hydroxyl groups is 1. The maximum absolute atomic E-state index is 12.0. The van der Waals surface area contributed by atoms with Crippen molar-refractivity contribution in [1.29, 1.82) is 0 Å². The third-order valence-corrected chi connectivity index (χ3v) is 4.13. The van der Waals surface area contributed by atoms with Crippen LogP contribution in [0.2, 0.25) is 0 Å². The van der Waals surface area contributed by atoms with Gasteiger partial charge in [0, 0.05) is 0 Å². The molecule has 0 saturated heterocycles. The fourth-order valence-electron chi connectivity index (χ4n) is 2.07. The van der Waals surface area contributed by atoms with Gasteiger partial charge in [0.05, 0.1) is 6.04 Å². The fourth-order valence-corrected chi connectivity index (χ4v) is 2.77. The Kier molecular flexibility index (Phi) is 3.44. The van der Waals surface area contributed by atoms with Crippen LogP contribution in [0.1, 0.15) is 48.7 Å². The lowest BCUT2D eigenvalue weighted by atomic mass is 10.0. The maximum Gasteiger partial charge on any atom is 0.252 e. The predicted octanol–water partition coefficient (Wildman–Crippen LogP) is 1.33. The van der Waals surface area contributed by atoms with Crippen LogP contribution in [0.5, 0.6) is 0 Å². The SMILES string of the molecule is Cc1nnc(C(C)NC(=O)C2(O)CCCC2)s1. The number of carbonyl (C=O) groups is 1. The number of aromatic nitrogens is 2. The molecule has 1 aliphatic carbocycles. The van der Waals surface area contributed by atoms with Crippen LogP contribution in [0.4, 0.5) is 0 Å². The summed E-state index contributed by atoms with van der Waals surface area (Å²) in [5.41, 5.74) is -1.17. The Morgan fingerprint density at radius 2 is 2.12 bits per heavy atom. The largest absolute Gasteiger partial charge is 0.380 e.